The van der Waals surface area contributed by atoms with E-state index >= 15 is 0 Å². The highest BCUT2D eigenvalue weighted by atomic mass is 16.2. The lowest BCUT2D eigenvalue weighted by atomic mass is 10.0. The standard InChI is InChI=1S/C16H24N2O/c1-3-11-17-13(2)10-12-18-15-7-5-4-6-14(15)8-9-16(18)19/h4-7,13,17H,3,8-12H2,1-2H3. The number of aryl methyl sites for hydroxylation is 1. The minimum absolute atomic E-state index is 0.265. The summed E-state index contributed by atoms with van der Waals surface area (Å²) in [5, 5.41) is 3.47. The van der Waals surface area contributed by atoms with Crippen molar-refractivity contribution in [1.29, 1.82) is 0 Å². The van der Waals surface area contributed by atoms with Gasteiger partial charge in [-0.1, -0.05) is 25.1 Å². The second-order valence-electron chi connectivity index (χ2n) is 5.32. The zero-order valence-corrected chi connectivity index (χ0v) is 12.0. The molecule has 1 aromatic carbocycles. The molecule has 0 saturated carbocycles. The van der Waals surface area contributed by atoms with E-state index in [0.717, 1.165) is 38.0 Å². The second-order valence-corrected chi connectivity index (χ2v) is 5.32. The van der Waals surface area contributed by atoms with Crippen LogP contribution in [0.1, 0.15) is 38.7 Å². The van der Waals surface area contributed by atoms with Crippen molar-refractivity contribution in [2.24, 2.45) is 0 Å². The Balaban J connectivity index is 1.97. The third kappa shape index (κ3) is 3.57. The summed E-state index contributed by atoms with van der Waals surface area (Å²) in [6.45, 7) is 6.22. The van der Waals surface area contributed by atoms with Gasteiger partial charge in [0.2, 0.25) is 5.91 Å². The molecule has 0 bridgehead atoms. The zero-order chi connectivity index (χ0) is 13.7. The van der Waals surface area contributed by atoms with E-state index in [4.69, 9.17) is 0 Å². The summed E-state index contributed by atoms with van der Waals surface area (Å²) in [7, 11) is 0. The van der Waals surface area contributed by atoms with Gasteiger partial charge in [0.05, 0.1) is 0 Å². The SMILES string of the molecule is CCCNC(C)CCN1C(=O)CCc2ccccc21. The number of benzene rings is 1. The predicted molar refractivity (Wildman–Crippen MR) is 79.5 cm³/mol. The normalized spacial score (nSPS) is 16.3. The highest BCUT2D eigenvalue weighted by Gasteiger charge is 2.23. The summed E-state index contributed by atoms with van der Waals surface area (Å²) >= 11 is 0. The molecule has 0 spiro atoms. The fraction of sp³-hybridized carbons (Fsp3) is 0.562. The molecular formula is C16H24N2O. The maximum absolute atomic E-state index is 12.1. The van der Waals surface area contributed by atoms with E-state index in [2.05, 4.69) is 37.4 Å². The van der Waals surface area contributed by atoms with Gasteiger partial charge < -0.3 is 10.2 Å². The minimum atomic E-state index is 0.265. The zero-order valence-electron chi connectivity index (χ0n) is 12.0. The quantitative estimate of drug-likeness (QED) is 0.853. The van der Waals surface area contributed by atoms with Gasteiger partial charge in [-0.15, -0.1) is 0 Å². The monoisotopic (exact) mass is 260 g/mol. The first-order valence-corrected chi connectivity index (χ1v) is 7.34. The lowest BCUT2D eigenvalue weighted by Gasteiger charge is -2.30. The van der Waals surface area contributed by atoms with Gasteiger partial charge in [0, 0.05) is 24.7 Å². The molecule has 0 aromatic heterocycles. The Bertz CT molecular complexity index is 431. The van der Waals surface area contributed by atoms with Crippen LogP contribution in [0.4, 0.5) is 5.69 Å². The van der Waals surface area contributed by atoms with Gasteiger partial charge in [-0.05, 0) is 44.4 Å². The first-order valence-electron chi connectivity index (χ1n) is 7.34. The van der Waals surface area contributed by atoms with Crippen LogP contribution in [0.5, 0.6) is 0 Å². The van der Waals surface area contributed by atoms with E-state index in [1.54, 1.807) is 0 Å². The van der Waals surface area contributed by atoms with E-state index in [9.17, 15) is 4.79 Å². The number of carbonyl (C=O) groups excluding carboxylic acids is 1. The molecule has 0 aliphatic carbocycles. The van der Waals surface area contributed by atoms with Gasteiger partial charge >= 0.3 is 0 Å². The number of anilines is 1. The number of carbonyl (C=O) groups is 1. The lowest BCUT2D eigenvalue weighted by Crippen LogP contribution is -2.39. The molecule has 1 aliphatic heterocycles. The first kappa shape index (κ1) is 14.1. The van der Waals surface area contributed by atoms with E-state index in [-0.39, 0.29) is 5.91 Å². The van der Waals surface area contributed by atoms with Crippen LogP contribution in [0.25, 0.3) is 0 Å². The average Bonchev–Trinajstić information content (AvgIpc) is 2.44. The molecular weight excluding hydrogens is 236 g/mol. The van der Waals surface area contributed by atoms with Crippen LogP contribution in [0.15, 0.2) is 24.3 Å². The first-order chi connectivity index (χ1) is 9.22. The molecule has 1 aliphatic rings. The smallest absolute Gasteiger partial charge is 0.227 e. The Morgan fingerprint density at radius 2 is 2.11 bits per heavy atom. The van der Waals surface area contributed by atoms with Gasteiger partial charge in [0.25, 0.3) is 0 Å². The molecule has 0 radical (unpaired) electrons. The third-order valence-corrected chi connectivity index (χ3v) is 3.72. The van der Waals surface area contributed by atoms with Crippen molar-refractivity contribution in [2.75, 3.05) is 18.0 Å². The number of hydrogen-bond donors (Lipinski definition) is 1. The van der Waals surface area contributed by atoms with Crippen molar-refractivity contribution < 1.29 is 4.79 Å². The van der Waals surface area contributed by atoms with Crippen molar-refractivity contribution in [2.45, 2.75) is 45.6 Å². The van der Waals surface area contributed by atoms with Crippen LogP contribution in [-0.4, -0.2) is 25.0 Å². The average molecular weight is 260 g/mol. The molecule has 104 valence electrons. The number of para-hydroxylation sites is 1. The van der Waals surface area contributed by atoms with Crippen molar-refractivity contribution in [3.63, 3.8) is 0 Å². The van der Waals surface area contributed by atoms with Crippen molar-refractivity contribution >= 4 is 11.6 Å². The van der Waals surface area contributed by atoms with Crippen molar-refractivity contribution in [3.8, 4) is 0 Å². The fourth-order valence-corrected chi connectivity index (χ4v) is 2.56. The number of fused-ring (bicyclic) bond motifs is 1. The summed E-state index contributed by atoms with van der Waals surface area (Å²) in [5.41, 5.74) is 2.41. The molecule has 1 unspecified atom stereocenters. The Kier molecular flexibility index (Phi) is 4.97. The minimum Gasteiger partial charge on any atom is -0.314 e. The van der Waals surface area contributed by atoms with Gasteiger partial charge in [-0.25, -0.2) is 0 Å². The van der Waals surface area contributed by atoms with Crippen LogP contribution >= 0.6 is 0 Å². The molecule has 19 heavy (non-hydrogen) atoms. The third-order valence-electron chi connectivity index (χ3n) is 3.72. The molecule has 2 rings (SSSR count). The van der Waals surface area contributed by atoms with Crippen molar-refractivity contribution in [1.82, 2.24) is 5.32 Å². The molecule has 1 heterocycles. The topological polar surface area (TPSA) is 32.3 Å². The van der Waals surface area contributed by atoms with Crippen LogP contribution in [0.3, 0.4) is 0 Å². The van der Waals surface area contributed by atoms with Gasteiger partial charge in [-0.2, -0.15) is 0 Å². The van der Waals surface area contributed by atoms with Gasteiger partial charge in [-0.3, -0.25) is 4.79 Å². The van der Waals surface area contributed by atoms with Crippen LogP contribution in [0.2, 0.25) is 0 Å². The summed E-state index contributed by atoms with van der Waals surface area (Å²) in [4.78, 5) is 14.1. The Morgan fingerprint density at radius 1 is 1.32 bits per heavy atom. The van der Waals surface area contributed by atoms with E-state index < -0.39 is 0 Å². The summed E-state index contributed by atoms with van der Waals surface area (Å²) in [6.07, 6.45) is 3.68. The highest BCUT2D eigenvalue weighted by molar-refractivity contribution is 5.96. The molecule has 1 atom stereocenters. The Hall–Kier alpha value is -1.35. The van der Waals surface area contributed by atoms with Crippen LogP contribution in [-0.2, 0) is 11.2 Å². The predicted octanol–water partition coefficient (Wildman–Crippen LogP) is 2.74. The van der Waals surface area contributed by atoms with Gasteiger partial charge in [0.1, 0.15) is 0 Å². The Labute approximate surface area is 116 Å². The molecule has 0 saturated heterocycles. The number of amides is 1. The number of nitrogens with one attached hydrogen (secondary N) is 1. The second kappa shape index (κ2) is 6.71. The van der Waals surface area contributed by atoms with E-state index in [1.165, 1.54) is 5.56 Å². The number of hydrogen-bond acceptors (Lipinski definition) is 2. The molecule has 3 nitrogen and oxygen atoms in total. The van der Waals surface area contributed by atoms with E-state index in [0.29, 0.717) is 12.5 Å². The molecule has 3 heteroatoms. The number of nitrogens with zero attached hydrogens (tertiary/aromatic N) is 1. The molecule has 1 N–H and O–H groups in total. The lowest BCUT2D eigenvalue weighted by molar-refractivity contribution is -0.118. The van der Waals surface area contributed by atoms with E-state index in [1.807, 2.05) is 11.0 Å². The summed E-state index contributed by atoms with van der Waals surface area (Å²) in [6, 6.07) is 8.73. The highest BCUT2D eigenvalue weighted by Crippen LogP contribution is 2.27. The maximum Gasteiger partial charge on any atom is 0.227 e. The van der Waals surface area contributed by atoms with Crippen LogP contribution in [0, 0.1) is 0 Å². The molecule has 1 amide bonds. The van der Waals surface area contributed by atoms with Crippen LogP contribution < -0.4 is 10.2 Å². The molecule has 1 aromatic rings. The summed E-state index contributed by atoms with van der Waals surface area (Å²) < 4.78 is 0. The number of rotatable bonds is 6. The Morgan fingerprint density at radius 3 is 2.89 bits per heavy atom. The largest absolute Gasteiger partial charge is 0.314 e. The molecule has 0 fully saturated rings. The van der Waals surface area contributed by atoms with Crippen molar-refractivity contribution in [3.05, 3.63) is 29.8 Å². The summed E-state index contributed by atoms with van der Waals surface area (Å²) in [5.74, 6) is 0.265. The fourth-order valence-electron chi connectivity index (χ4n) is 2.56. The van der Waals surface area contributed by atoms with Gasteiger partial charge in [0.15, 0.2) is 0 Å². The maximum atomic E-state index is 12.1.